The molecule has 2 heterocycles. The van der Waals surface area contributed by atoms with Crippen molar-refractivity contribution in [1.29, 1.82) is 0 Å². The highest BCUT2D eigenvalue weighted by atomic mass is 32.2. The molecule has 1 N–H and O–H groups in total. The first kappa shape index (κ1) is 18.3. The normalized spacial score (nSPS) is 10.7. The van der Waals surface area contributed by atoms with E-state index in [1.54, 1.807) is 25.4 Å². The molecule has 0 bridgehead atoms. The fourth-order valence-corrected chi connectivity index (χ4v) is 3.91. The maximum absolute atomic E-state index is 12.3. The van der Waals surface area contributed by atoms with Gasteiger partial charge in [-0.1, -0.05) is 36.0 Å². The highest BCUT2D eigenvalue weighted by molar-refractivity contribution is 8.00. The number of carbonyl (C=O) groups is 2. The fourth-order valence-electron chi connectivity index (χ4n) is 2.30. The lowest BCUT2D eigenvalue weighted by Crippen LogP contribution is -2.37. The lowest BCUT2D eigenvalue weighted by Gasteiger charge is -2.16. The summed E-state index contributed by atoms with van der Waals surface area (Å²) in [6.45, 7) is 0.0425. The number of amides is 2. The predicted octanol–water partition coefficient (Wildman–Crippen LogP) is 2.65. The maximum atomic E-state index is 12.3. The molecule has 6 nitrogen and oxygen atoms in total. The van der Waals surface area contributed by atoms with Crippen molar-refractivity contribution < 1.29 is 9.59 Å². The molecule has 0 aliphatic heterocycles. The second-order valence-electron chi connectivity index (χ2n) is 5.56. The predicted molar refractivity (Wildman–Crippen MR) is 105 cm³/mol. The third-order valence-corrected chi connectivity index (χ3v) is 5.57. The Kier molecular flexibility index (Phi) is 5.85. The molecule has 0 unspecified atom stereocenters. The zero-order chi connectivity index (χ0) is 18.5. The number of likely N-dealkylation sites (N-methyl/N-ethyl adjacent to an activating group) is 2. The van der Waals surface area contributed by atoms with E-state index in [1.165, 1.54) is 16.7 Å². The first-order valence-electron chi connectivity index (χ1n) is 7.96. The number of fused-ring (bicyclic) bond motifs is 1. The van der Waals surface area contributed by atoms with Gasteiger partial charge in [-0.3, -0.25) is 9.59 Å². The Morgan fingerprint density at radius 3 is 2.73 bits per heavy atom. The summed E-state index contributed by atoms with van der Waals surface area (Å²) in [5, 5.41) is 6.18. The number of nitrogens with one attached hydrogen (secondary N) is 1. The lowest BCUT2D eigenvalue weighted by atomic mass is 10.2. The zero-order valence-electron chi connectivity index (χ0n) is 14.4. The molecule has 0 spiro atoms. The molecule has 0 radical (unpaired) electrons. The summed E-state index contributed by atoms with van der Waals surface area (Å²) < 4.78 is 0. The number of aromatic nitrogens is 2. The van der Waals surface area contributed by atoms with Crippen LogP contribution < -0.4 is 5.32 Å². The number of carbonyl (C=O) groups excluding carboxylic acids is 2. The second kappa shape index (κ2) is 8.29. The van der Waals surface area contributed by atoms with Crippen LogP contribution in [-0.2, 0) is 9.59 Å². The molecule has 0 saturated heterocycles. The number of nitrogens with zero attached hydrogens (tertiary/aromatic N) is 3. The standard InChI is InChI=1S/C18H18N4O2S2/c1-19-15(23)10-22(2)16(24)11-26-18-12-6-3-4-7-13(12)20-17(21-18)14-8-5-9-25-14/h3-9H,10-11H2,1-2H3,(H,19,23). The Balaban J connectivity index is 1.82. The van der Waals surface area contributed by atoms with Gasteiger partial charge in [0.2, 0.25) is 11.8 Å². The molecule has 0 fully saturated rings. The molecule has 3 aromatic rings. The highest BCUT2D eigenvalue weighted by Crippen LogP contribution is 2.30. The Morgan fingerprint density at radius 2 is 2.00 bits per heavy atom. The molecule has 0 aliphatic carbocycles. The first-order chi connectivity index (χ1) is 12.6. The topological polar surface area (TPSA) is 75.2 Å². The van der Waals surface area contributed by atoms with Gasteiger partial charge < -0.3 is 10.2 Å². The quantitative estimate of drug-likeness (QED) is 0.521. The summed E-state index contributed by atoms with van der Waals surface area (Å²) in [6, 6.07) is 11.7. The van der Waals surface area contributed by atoms with Crippen molar-refractivity contribution in [3.63, 3.8) is 0 Å². The van der Waals surface area contributed by atoms with Gasteiger partial charge in [-0.25, -0.2) is 9.97 Å². The van der Waals surface area contributed by atoms with Gasteiger partial charge in [-0.05, 0) is 17.5 Å². The Hall–Kier alpha value is -2.45. The van der Waals surface area contributed by atoms with Crippen molar-refractivity contribution in [3.8, 4) is 10.7 Å². The number of hydrogen-bond donors (Lipinski definition) is 1. The zero-order valence-corrected chi connectivity index (χ0v) is 16.1. The van der Waals surface area contributed by atoms with Crippen molar-refractivity contribution >= 4 is 45.8 Å². The van der Waals surface area contributed by atoms with E-state index in [9.17, 15) is 9.59 Å². The molecule has 8 heteroatoms. The molecular formula is C18H18N4O2S2. The Morgan fingerprint density at radius 1 is 1.19 bits per heavy atom. The number of benzene rings is 1. The van der Waals surface area contributed by atoms with Gasteiger partial charge >= 0.3 is 0 Å². The summed E-state index contributed by atoms with van der Waals surface area (Å²) in [5.74, 6) is 0.544. The molecule has 3 rings (SSSR count). The van der Waals surface area contributed by atoms with E-state index in [-0.39, 0.29) is 24.1 Å². The van der Waals surface area contributed by atoms with E-state index in [2.05, 4.69) is 15.3 Å². The van der Waals surface area contributed by atoms with Crippen molar-refractivity contribution in [2.75, 3.05) is 26.4 Å². The van der Waals surface area contributed by atoms with Crippen LogP contribution in [0.1, 0.15) is 0 Å². The second-order valence-corrected chi connectivity index (χ2v) is 7.47. The average molecular weight is 387 g/mol. The van der Waals surface area contributed by atoms with Crippen LogP contribution in [0.5, 0.6) is 0 Å². The molecule has 0 saturated carbocycles. The van der Waals surface area contributed by atoms with Crippen molar-refractivity contribution in [2.24, 2.45) is 0 Å². The number of rotatable bonds is 6. The summed E-state index contributed by atoms with van der Waals surface area (Å²) in [5.41, 5.74) is 0.847. The molecule has 1 aromatic carbocycles. The molecule has 0 atom stereocenters. The van der Waals surface area contributed by atoms with E-state index in [1.807, 2.05) is 41.8 Å². The van der Waals surface area contributed by atoms with Gasteiger partial charge in [0, 0.05) is 19.5 Å². The number of thioether (sulfide) groups is 1. The van der Waals surface area contributed by atoms with Crippen molar-refractivity contribution in [1.82, 2.24) is 20.2 Å². The monoisotopic (exact) mass is 386 g/mol. The largest absolute Gasteiger partial charge is 0.358 e. The van der Waals surface area contributed by atoms with Crippen LogP contribution in [0.15, 0.2) is 46.8 Å². The van der Waals surface area contributed by atoms with Gasteiger partial charge in [-0.15, -0.1) is 11.3 Å². The van der Waals surface area contributed by atoms with Gasteiger partial charge in [0.15, 0.2) is 5.82 Å². The van der Waals surface area contributed by atoms with E-state index < -0.39 is 0 Å². The average Bonchev–Trinajstić information content (AvgIpc) is 3.20. The third kappa shape index (κ3) is 4.20. The van der Waals surface area contributed by atoms with E-state index in [0.717, 1.165) is 20.8 Å². The van der Waals surface area contributed by atoms with E-state index in [4.69, 9.17) is 0 Å². The molecular weight excluding hydrogens is 368 g/mol. The summed E-state index contributed by atoms with van der Waals surface area (Å²) in [4.78, 5) is 35.4. The van der Waals surface area contributed by atoms with Crippen LogP contribution in [0.25, 0.3) is 21.6 Å². The van der Waals surface area contributed by atoms with Gasteiger partial charge in [0.1, 0.15) is 5.03 Å². The molecule has 0 aliphatic rings. The minimum atomic E-state index is -0.196. The SMILES string of the molecule is CNC(=O)CN(C)C(=O)CSc1nc(-c2cccs2)nc2ccccc12. The van der Waals surface area contributed by atoms with E-state index in [0.29, 0.717) is 5.82 Å². The summed E-state index contributed by atoms with van der Waals surface area (Å²) in [6.07, 6.45) is 0. The number of para-hydroxylation sites is 1. The van der Waals surface area contributed by atoms with Crippen LogP contribution in [0.4, 0.5) is 0 Å². The van der Waals surface area contributed by atoms with Crippen molar-refractivity contribution in [2.45, 2.75) is 5.03 Å². The van der Waals surface area contributed by atoms with Crippen LogP contribution >= 0.6 is 23.1 Å². The van der Waals surface area contributed by atoms with Gasteiger partial charge in [-0.2, -0.15) is 0 Å². The summed E-state index contributed by atoms with van der Waals surface area (Å²) in [7, 11) is 3.17. The van der Waals surface area contributed by atoms with Gasteiger partial charge in [0.25, 0.3) is 0 Å². The number of hydrogen-bond acceptors (Lipinski definition) is 6. The molecule has 26 heavy (non-hydrogen) atoms. The first-order valence-corrected chi connectivity index (χ1v) is 9.83. The minimum absolute atomic E-state index is 0.0425. The maximum Gasteiger partial charge on any atom is 0.239 e. The van der Waals surface area contributed by atoms with Crippen LogP contribution in [0.2, 0.25) is 0 Å². The Bertz CT molecular complexity index is 928. The molecule has 2 amide bonds. The van der Waals surface area contributed by atoms with Gasteiger partial charge in [0.05, 0.1) is 22.7 Å². The van der Waals surface area contributed by atoms with E-state index >= 15 is 0 Å². The highest BCUT2D eigenvalue weighted by Gasteiger charge is 2.15. The summed E-state index contributed by atoms with van der Waals surface area (Å²) >= 11 is 2.94. The van der Waals surface area contributed by atoms with Crippen LogP contribution in [0.3, 0.4) is 0 Å². The van der Waals surface area contributed by atoms with Crippen LogP contribution in [-0.4, -0.2) is 53.1 Å². The smallest absolute Gasteiger partial charge is 0.239 e. The Labute approximate surface area is 159 Å². The minimum Gasteiger partial charge on any atom is -0.358 e. The van der Waals surface area contributed by atoms with Crippen molar-refractivity contribution in [3.05, 3.63) is 41.8 Å². The lowest BCUT2D eigenvalue weighted by molar-refractivity contribution is -0.132. The third-order valence-electron chi connectivity index (χ3n) is 3.73. The fraction of sp³-hybridized carbons (Fsp3) is 0.222. The number of thiophene rings is 1. The van der Waals surface area contributed by atoms with Crippen LogP contribution in [0, 0.1) is 0 Å². The molecule has 134 valence electrons. The molecule has 2 aromatic heterocycles.